The zero-order valence-corrected chi connectivity index (χ0v) is 18.9. The van der Waals surface area contributed by atoms with Crippen LogP contribution in [0.15, 0.2) is 12.7 Å². The SMILES string of the molecule is C=CC(=O)OC1(C(=O)OCC(C)C(C)C)CCC(C(=O)OCC(C)C(C)C)CC1. The smallest absolute Gasteiger partial charge is 0.350 e. The minimum atomic E-state index is -1.36. The summed E-state index contributed by atoms with van der Waals surface area (Å²) in [5.41, 5.74) is -1.36. The Morgan fingerprint density at radius 3 is 1.86 bits per heavy atom. The number of ether oxygens (including phenoxy) is 3. The van der Waals surface area contributed by atoms with Crippen LogP contribution in [0.4, 0.5) is 0 Å². The van der Waals surface area contributed by atoms with Crippen molar-refractivity contribution in [2.45, 2.75) is 72.8 Å². The highest BCUT2D eigenvalue weighted by molar-refractivity contribution is 5.88. The predicted molar refractivity (Wildman–Crippen MR) is 111 cm³/mol. The third-order valence-corrected chi connectivity index (χ3v) is 6.20. The maximum Gasteiger partial charge on any atom is 0.350 e. The maximum absolute atomic E-state index is 12.8. The molecule has 6 heteroatoms. The molecule has 1 rings (SSSR count). The number of hydrogen-bond acceptors (Lipinski definition) is 6. The Morgan fingerprint density at radius 2 is 1.41 bits per heavy atom. The lowest BCUT2D eigenvalue weighted by atomic mass is 9.78. The van der Waals surface area contributed by atoms with E-state index in [9.17, 15) is 14.4 Å². The number of carbonyl (C=O) groups excluding carboxylic acids is 3. The molecule has 6 nitrogen and oxygen atoms in total. The Morgan fingerprint density at radius 1 is 0.931 bits per heavy atom. The van der Waals surface area contributed by atoms with Gasteiger partial charge in [0.25, 0.3) is 0 Å². The summed E-state index contributed by atoms with van der Waals surface area (Å²) in [5.74, 6) is -0.467. The lowest BCUT2D eigenvalue weighted by molar-refractivity contribution is -0.187. The third-order valence-electron chi connectivity index (χ3n) is 6.20. The van der Waals surface area contributed by atoms with E-state index in [4.69, 9.17) is 14.2 Å². The van der Waals surface area contributed by atoms with Gasteiger partial charge in [-0.1, -0.05) is 48.1 Å². The molecule has 0 amide bonds. The Hall–Kier alpha value is -1.85. The van der Waals surface area contributed by atoms with Crippen molar-refractivity contribution in [2.75, 3.05) is 13.2 Å². The first kappa shape index (κ1) is 25.2. The van der Waals surface area contributed by atoms with Crippen LogP contribution < -0.4 is 0 Å². The molecule has 0 radical (unpaired) electrons. The van der Waals surface area contributed by atoms with Gasteiger partial charge in [0, 0.05) is 6.08 Å². The van der Waals surface area contributed by atoms with Crippen LogP contribution in [0.1, 0.15) is 67.2 Å². The van der Waals surface area contributed by atoms with Crippen molar-refractivity contribution in [2.24, 2.45) is 29.6 Å². The Bertz CT molecular complexity index is 572. The lowest BCUT2D eigenvalue weighted by Crippen LogP contribution is -2.48. The lowest BCUT2D eigenvalue weighted by Gasteiger charge is -2.36. The fourth-order valence-corrected chi connectivity index (χ4v) is 2.96. The van der Waals surface area contributed by atoms with Gasteiger partial charge in [-0.15, -0.1) is 0 Å². The van der Waals surface area contributed by atoms with Crippen molar-refractivity contribution >= 4 is 17.9 Å². The largest absolute Gasteiger partial charge is 0.465 e. The summed E-state index contributed by atoms with van der Waals surface area (Å²) in [6.45, 7) is 16.4. The zero-order valence-electron chi connectivity index (χ0n) is 18.9. The standard InChI is InChI=1S/C23H38O6/c1-8-20(24)29-23(22(26)28-14-18(7)16(4)5)11-9-19(10-12-23)21(25)27-13-17(6)15(2)3/h8,15-19H,1,9-14H2,2-7H3. The highest BCUT2D eigenvalue weighted by Gasteiger charge is 2.48. The van der Waals surface area contributed by atoms with Crippen molar-refractivity contribution < 1.29 is 28.6 Å². The average molecular weight is 411 g/mol. The Balaban J connectivity index is 2.73. The molecule has 0 spiro atoms. The first-order valence-corrected chi connectivity index (χ1v) is 10.7. The molecule has 0 aromatic carbocycles. The summed E-state index contributed by atoms with van der Waals surface area (Å²) in [7, 11) is 0. The summed E-state index contributed by atoms with van der Waals surface area (Å²) in [6.07, 6.45) is 2.34. The van der Waals surface area contributed by atoms with Gasteiger partial charge in [0.2, 0.25) is 5.60 Å². The van der Waals surface area contributed by atoms with Crippen LogP contribution in [0.2, 0.25) is 0 Å². The molecule has 1 fully saturated rings. The summed E-state index contributed by atoms with van der Waals surface area (Å²) in [4.78, 5) is 37.1. The molecule has 0 N–H and O–H groups in total. The minimum absolute atomic E-state index is 0.195. The van der Waals surface area contributed by atoms with Crippen LogP contribution in [-0.2, 0) is 28.6 Å². The molecule has 0 aromatic heterocycles. The maximum atomic E-state index is 12.8. The van der Waals surface area contributed by atoms with E-state index >= 15 is 0 Å². The molecule has 0 bridgehead atoms. The summed E-state index contributed by atoms with van der Waals surface area (Å²) in [6, 6.07) is 0. The second-order valence-electron chi connectivity index (χ2n) is 9.06. The quantitative estimate of drug-likeness (QED) is 0.303. The van der Waals surface area contributed by atoms with E-state index in [0.29, 0.717) is 31.3 Å². The fourth-order valence-electron chi connectivity index (χ4n) is 2.96. The van der Waals surface area contributed by atoms with Crippen LogP contribution in [-0.4, -0.2) is 36.7 Å². The molecule has 1 aliphatic rings. The normalized spacial score (nSPS) is 23.9. The number of carbonyl (C=O) groups is 3. The van der Waals surface area contributed by atoms with Gasteiger partial charge in [0.05, 0.1) is 19.1 Å². The predicted octanol–water partition coefficient (Wildman–Crippen LogP) is 4.32. The summed E-state index contributed by atoms with van der Waals surface area (Å²) >= 11 is 0. The van der Waals surface area contributed by atoms with Gasteiger partial charge in [-0.3, -0.25) is 4.79 Å². The molecule has 2 unspecified atom stereocenters. The number of rotatable bonds is 10. The number of hydrogen-bond donors (Lipinski definition) is 0. The van der Waals surface area contributed by atoms with Crippen LogP contribution >= 0.6 is 0 Å². The van der Waals surface area contributed by atoms with Crippen molar-refractivity contribution in [3.8, 4) is 0 Å². The molecule has 0 heterocycles. The number of esters is 3. The van der Waals surface area contributed by atoms with Gasteiger partial charge in [-0.2, -0.15) is 0 Å². The molecule has 1 saturated carbocycles. The topological polar surface area (TPSA) is 78.9 Å². The molecular weight excluding hydrogens is 372 g/mol. The van der Waals surface area contributed by atoms with Crippen molar-refractivity contribution in [3.05, 3.63) is 12.7 Å². The molecule has 0 aliphatic heterocycles. The second kappa shape index (κ2) is 11.4. The minimum Gasteiger partial charge on any atom is -0.465 e. The summed E-state index contributed by atoms with van der Waals surface area (Å²) in [5, 5.41) is 0. The monoisotopic (exact) mass is 410 g/mol. The molecule has 0 saturated heterocycles. The van der Waals surface area contributed by atoms with Crippen LogP contribution in [0.25, 0.3) is 0 Å². The van der Waals surface area contributed by atoms with E-state index in [-0.39, 0.29) is 43.2 Å². The zero-order chi connectivity index (χ0) is 22.2. The van der Waals surface area contributed by atoms with Crippen molar-refractivity contribution in [1.29, 1.82) is 0 Å². The van der Waals surface area contributed by atoms with Crippen molar-refractivity contribution in [3.63, 3.8) is 0 Å². The van der Waals surface area contributed by atoms with Crippen molar-refractivity contribution in [1.82, 2.24) is 0 Å². The van der Waals surface area contributed by atoms with E-state index in [1.54, 1.807) is 0 Å². The van der Waals surface area contributed by atoms with Gasteiger partial charge in [0.15, 0.2) is 0 Å². The molecule has 2 atom stereocenters. The van der Waals surface area contributed by atoms with Gasteiger partial charge >= 0.3 is 17.9 Å². The molecule has 1 aliphatic carbocycles. The van der Waals surface area contributed by atoms with Crippen LogP contribution in [0.3, 0.4) is 0 Å². The highest BCUT2D eigenvalue weighted by Crippen LogP contribution is 2.37. The van der Waals surface area contributed by atoms with E-state index in [1.807, 2.05) is 13.8 Å². The molecule has 166 valence electrons. The fraction of sp³-hybridized carbons (Fsp3) is 0.783. The summed E-state index contributed by atoms with van der Waals surface area (Å²) < 4.78 is 16.4. The average Bonchev–Trinajstić information content (AvgIpc) is 2.69. The molecular formula is C23H38O6. The highest BCUT2D eigenvalue weighted by atomic mass is 16.6. The van der Waals surface area contributed by atoms with Gasteiger partial charge in [0.1, 0.15) is 0 Å². The van der Waals surface area contributed by atoms with Crippen LogP contribution in [0.5, 0.6) is 0 Å². The van der Waals surface area contributed by atoms with Crippen LogP contribution in [0, 0.1) is 29.6 Å². The Labute approximate surface area is 175 Å². The van der Waals surface area contributed by atoms with E-state index < -0.39 is 17.5 Å². The molecule has 29 heavy (non-hydrogen) atoms. The second-order valence-corrected chi connectivity index (χ2v) is 9.06. The van der Waals surface area contributed by atoms with Gasteiger partial charge < -0.3 is 14.2 Å². The van der Waals surface area contributed by atoms with E-state index in [2.05, 4.69) is 34.3 Å². The van der Waals surface area contributed by atoms with E-state index in [0.717, 1.165) is 6.08 Å². The first-order chi connectivity index (χ1) is 13.5. The Kier molecular flexibility index (Phi) is 9.87. The molecule has 0 aromatic rings. The van der Waals surface area contributed by atoms with Gasteiger partial charge in [-0.25, -0.2) is 9.59 Å². The third kappa shape index (κ3) is 7.48. The van der Waals surface area contributed by atoms with Gasteiger partial charge in [-0.05, 0) is 49.4 Å². The first-order valence-electron chi connectivity index (χ1n) is 10.7. The van der Waals surface area contributed by atoms with E-state index in [1.165, 1.54) is 0 Å².